The minimum atomic E-state index is -4.38. The van der Waals surface area contributed by atoms with Gasteiger partial charge in [-0.25, -0.2) is 4.98 Å². The van der Waals surface area contributed by atoms with Crippen molar-refractivity contribution in [3.05, 3.63) is 58.5 Å². The fraction of sp³-hybridized carbons (Fsp3) is 0.500. The van der Waals surface area contributed by atoms with E-state index < -0.39 is 11.7 Å². The van der Waals surface area contributed by atoms with Crippen LogP contribution in [0.15, 0.2) is 30.6 Å². The lowest BCUT2D eigenvalue weighted by atomic mass is 9.97. The quantitative estimate of drug-likeness (QED) is 0.584. The first kappa shape index (κ1) is 22.2. The summed E-state index contributed by atoms with van der Waals surface area (Å²) >= 11 is 0. The van der Waals surface area contributed by atoms with E-state index in [0.717, 1.165) is 63.0 Å². The van der Waals surface area contributed by atoms with Gasteiger partial charge in [-0.1, -0.05) is 12.1 Å². The van der Waals surface area contributed by atoms with E-state index in [1.165, 1.54) is 13.0 Å². The van der Waals surface area contributed by atoms with Gasteiger partial charge in [-0.05, 0) is 49.8 Å². The Morgan fingerprint density at radius 3 is 2.76 bits per heavy atom. The number of halogens is 3. The van der Waals surface area contributed by atoms with Gasteiger partial charge < -0.3 is 10.1 Å². The van der Waals surface area contributed by atoms with Crippen LogP contribution in [0.3, 0.4) is 0 Å². The van der Waals surface area contributed by atoms with Crippen LogP contribution >= 0.6 is 0 Å². The summed E-state index contributed by atoms with van der Waals surface area (Å²) in [4.78, 5) is 11.5. The molecule has 3 aromatic rings. The van der Waals surface area contributed by atoms with Crippen molar-refractivity contribution in [3.63, 3.8) is 0 Å². The van der Waals surface area contributed by atoms with Gasteiger partial charge in [-0.15, -0.1) is 0 Å². The molecule has 1 saturated heterocycles. The van der Waals surface area contributed by atoms with Crippen LogP contribution in [0.1, 0.15) is 53.8 Å². The minimum absolute atomic E-state index is 0.240. The number of hydrogen-bond donors (Lipinski definition) is 1. The van der Waals surface area contributed by atoms with Crippen molar-refractivity contribution in [1.29, 1.82) is 0 Å². The van der Waals surface area contributed by atoms with Crippen LogP contribution in [0.25, 0.3) is 5.78 Å². The van der Waals surface area contributed by atoms with Crippen LogP contribution in [0.4, 0.5) is 19.0 Å². The van der Waals surface area contributed by atoms with Crippen LogP contribution in [-0.4, -0.2) is 39.0 Å². The Bertz CT molecular complexity index is 1150. The summed E-state index contributed by atoms with van der Waals surface area (Å²) in [6.07, 6.45) is 1.42. The average Bonchev–Trinajstić information content (AvgIpc) is 3.40. The van der Waals surface area contributed by atoms with Gasteiger partial charge in [0.05, 0.1) is 11.6 Å². The average molecular weight is 460 g/mol. The smallest absolute Gasteiger partial charge is 0.381 e. The van der Waals surface area contributed by atoms with Crippen LogP contribution in [0, 0.1) is 12.8 Å². The molecule has 1 N–H and O–H groups in total. The maximum absolute atomic E-state index is 13.4. The Morgan fingerprint density at radius 2 is 2.00 bits per heavy atom. The summed E-state index contributed by atoms with van der Waals surface area (Å²) < 4.78 is 47.8. The fourth-order valence-electron chi connectivity index (χ4n) is 5.12. The Balaban J connectivity index is 1.43. The lowest BCUT2D eigenvalue weighted by molar-refractivity contribution is -0.138. The summed E-state index contributed by atoms with van der Waals surface area (Å²) in [7, 11) is 0. The highest BCUT2D eigenvalue weighted by Crippen LogP contribution is 2.36. The number of benzene rings is 1. The molecule has 1 unspecified atom stereocenters. The van der Waals surface area contributed by atoms with Gasteiger partial charge in [0.15, 0.2) is 0 Å². The number of ether oxygens (including phenoxy) is 1. The third-order valence-electron chi connectivity index (χ3n) is 6.87. The number of hydrogen-bond acceptors (Lipinski definition) is 5. The maximum atomic E-state index is 13.4. The molecule has 4 heterocycles. The van der Waals surface area contributed by atoms with E-state index >= 15 is 0 Å². The number of fused-ring (bicyclic) bond motifs is 3. The molecule has 2 aromatic heterocycles. The highest BCUT2D eigenvalue weighted by Gasteiger charge is 2.34. The van der Waals surface area contributed by atoms with E-state index in [9.17, 15) is 13.2 Å². The first-order valence-electron chi connectivity index (χ1n) is 11.4. The zero-order valence-electron chi connectivity index (χ0n) is 18.8. The summed E-state index contributed by atoms with van der Waals surface area (Å²) in [6.45, 7) is 7.59. The third-order valence-corrected chi connectivity index (χ3v) is 6.87. The van der Waals surface area contributed by atoms with Crippen molar-refractivity contribution in [2.24, 2.45) is 5.92 Å². The monoisotopic (exact) mass is 459 g/mol. The van der Waals surface area contributed by atoms with Gasteiger partial charge >= 0.3 is 6.18 Å². The Kier molecular flexibility index (Phi) is 5.78. The summed E-state index contributed by atoms with van der Waals surface area (Å²) in [5, 5.41) is 3.41. The molecule has 2 aliphatic heterocycles. The van der Waals surface area contributed by atoms with Crippen molar-refractivity contribution in [3.8, 4) is 0 Å². The first-order chi connectivity index (χ1) is 15.8. The molecule has 1 aromatic carbocycles. The van der Waals surface area contributed by atoms with E-state index in [1.807, 2.05) is 17.5 Å². The molecule has 176 valence electrons. The second-order valence-electron chi connectivity index (χ2n) is 9.09. The number of anilines is 1. The van der Waals surface area contributed by atoms with Gasteiger partial charge in [0.1, 0.15) is 5.82 Å². The number of alkyl halides is 3. The molecule has 1 fully saturated rings. The molecule has 0 radical (unpaired) electrons. The topological polar surface area (TPSA) is 54.7 Å². The van der Waals surface area contributed by atoms with Crippen molar-refractivity contribution in [2.45, 2.75) is 52.0 Å². The Labute approximate surface area is 190 Å². The van der Waals surface area contributed by atoms with Crippen LogP contribution in [-0.2, 0) is 24.0 Å². The molecule has 0 amide bonds. The second-order valence-corrected chi connectivity index (χ2v) is 9.09. The molecular weight excluding hydrogens is 431 g/mol. The lowest BCUT2D eigenvalue weighted by Crippen LogP contribution is -2.29. The van der Waals surface area contributed by atoms with E-state index in [4.69, 9.17) is 9.72 Å². The summed E-state index contributed by atoms with van der Waals surface area (Å²) in [5.74, 6) is 1.90. The zero-order valence-corrected chi connectivity index (χ0v) is 18.8. The molecule has 0 saturated carbocycles. The van der Waals surface area contributed by atoms with Gasteiger partial charge in [0, 0.05) is 56.5 Å². The number of nitrogens with one attached hydrogen (secondary N) is 1. The van der Waals surface area contributed by atoms with Crippen molar-refractivity contribution >= 4 is 11.6 Å². The molecule has 2 aliphatic rings. The van der Waals surface area contributed by atoms with Gasteiger partial charge in [0.25, 0.3) is 0 Å². The van der Waals surface area contributed by atoms with Gasteiger partial charge in [-0.3, -0.25) is 9.30 Å². The standard InChI is InChI=1S/C24H28F3N5O/c1-15-18(4-3-5-20(15)24(25,26)27)16(2)29-22-19-13-31(12-17-6-10-33-11-7-17)14-21(19)32-9-8-28-23(32)30-22/h3-5,8-9,16-17H,6-7,10-14H2,1-2H3,(H,28,29,30). The number of rotatable bonds is 5. The fourth-order valence-corrected chi connectivity index (χ4v) is 5.12. The molecule has 33 heavy (non-hydrogen) atoms. The predicted molar refractivity (Wildman–Crippen MR) is 119 cm³/mol. The minimum Gasteiger partial charge on any atom is -0.381 e. The number of nitrogens with zero attached hydrogens (tertiary/aromatic N) is 4. The molecule has 0 spiro atoms. The molecule has 9 heteroatoms. The third kappa shape index (κ3) is 4.31. The van der Waals surface area contributed by atoms with Crippen molar-refractivity contribution in [1.82, 2.24) is 19.3 Å². The first-order valence-corrected chi connectivity index (χ1v) is 11.4. The lowest BCUT2D eigenvalue weighted by Gasteiger charge is -2.26. The largest absolute Gasteiger partial charge is 0.416 e. The van der Waals surface area contributed by atoms with Crippen LogP contribution < -0.4 is 5.32 Å². The summed E-state index contributed by atoms with van der Waals surface area (Å²) in [6, 6.07) is 4.00. The predicted octanol–water partition coefficient (Wildman–Crippen LogP) is 4.97. The van der Waals surface area contributed by atoms with Gasteiger partial charge in [-0.2, -0.15) is 18.2 Å². The number of aromatic nitrogens is 3. The normalized spacial score (nSPS) is 18.6. The van der Waals surface area contributed by atoms with Crippen LogP contribution in [0.5, 0.6) is 0 Å². The number of imidazole rings is 1. The summed E-state index contributed by atoms with van der Waals surface area (Å²) in [5.41, 5.74) is 2.48. The van der Waals surface area contributed by atoms with E-state index in [0.29, 0.717) is 23.1 Å². The Hall–Kier alpha value is -2.65. The maximum Gasteiger partial charge on any atom is 0.416 e. The highest BCUT2D eigenvalue weighted by molar-refractivity contribution is 5.55. The Morgan fingerprint density at radius 1 is 1.21 bits per heavy atom. The van der Waals surface area contributed by atoms with E-state index in [1.54, 1.807) is 12.3 Å². The SMILES string of the molecule is Cc1c(C(C)Nc2nc3nccn3c3c2CN(CC2CCOCC2)C3)cccc1C(F)(F)F. The molecule has 1 atom stereocenters. The van der Waals surface area contributed by atoms with E-state index in [-0.39, 0.29) is 11.6 Å². The molecule has 5 rings (SSSR count). The molecule has 0 bridgehead atoms. The van der Waals surface area contributed by atoms with Gasteiger partial charge in [0.2, 0.25) is 5.78 Å². The molecule has 0 aliphatic carbocycles. The van der Waals surface area contributed by atoms with Crippen molar-refractivity contribution in [2.75, 3.05) is 25.1 Å². The van der Waals surface area contributed by atoms with Crippen molar-refractivity contribution < 1.29 is 17.9 Å². The van der Waals surface area contributed by atoms with Crippen LogP contribution in [0.2, 0.25) is 0 Å². The zero-order chi connectivity index (χ0) is 23.2. The molecule has 6 nitrogen and oxygen atoms in total. The highest BCUT2D eigenvalue weighted by atomic mass is 19.4. The second kappa shape index (κ2) is 8.61. The van der Waals surface area contributed by atoms with E-state index in [2.05, 4.69) is 15.2 Å². The molecular formula is C24H28F3N5O.